The fourth-order valence-electron chi connectivity index (χ4n) is 1.49. The molecule has 1 aliphatic carbocycles. The fourth-order valence-corrected chi connectivity index (χ4v) is 1.49. The highest BCUT2D eigenvalue weighted by Gasteiger charge is 2.30. The zero-order chi connectivity index (χ0) is 8.13. The van der Waals surface area contributed by atoms with Crippen LogP contribution in [0.1, 0.15) is 24.5 Å². The minimum Gasteiger partial charge on any atom is -0.394 e. The number of nitrogens with two attached hydrogens (primary N) is 1. The molecule has 2 heterocycles. The van der Waals surface area contributed by atoms with Gasteiger partial charge in [0.2, 0.25) is 5.58 Å². The van der Waals surface area contributed by atoms with Gasteiger partial charge in [0, 0.05) is 12.1 Å². The van der Waals surface area contributed by atoms with E-state index in [1.165, 1.54) is 12.8 Å². The Hall–Kier alpha value is -1.45. The second-order valence-electron chi connectivity index (χ2n) is 3.29. The molecule has 1 fully saturated rings. The van der Waals surface area contributed by atoms with E-state index in [0.717, 1.165) is 11.2 Å². The molecule has 0 amide bonds. The van der Waals surface area contributed by atoms with E-state index in [4.69, 9.17) is 10.3 Å². The van der Waals surface area contributed by atoms with E-state index < -0.39 is 0 Å². The van der Waals surface area contributed by atoms with Crippen LogP contribution in [0.3, 0.4) is 0 Å². The summed E-state index contributed by atoms with van der Waals surface area (Å²) in [7, 11) is 0. The maximum Gasteiger partial charge on any atom is 0.207 e. The largest absolute Gasteiger partial charge is 0.394 e. The molecule has 0 aromatic carbocycles. The molecule has 1 saturated carbocycles. The molecule has 4 nitrogen and oxygen atoms in total. The Morgan fingerprint density at radius 3 is 3.17 bits per heavy atom. The standard InChI is InChI=1S/C8H9N3O/c9-5-3-10-7-6(4-1-2-4)11-12-8(5)7/h3-4,10H,1-2,9H2. The first kappa shape index (κ1) is 6.11. The third-order valence-corrected chi connectivity index (χ3v) is 2.32. The summed E-state index contributed by atoms with van der Waals surface area (Å²) in [4.78, 5) is 3.08. The average Bonchev–Trinajstić information content (AvgIpc) is 2.71. The lowest BCUT2D eigenvalue weighted by atomic mass is 10.2. The number of hydrogen-bond donors (Lipinski definition) is 2. The van der Waals surface area contributed by atoms with Crippen LogP contribution < -0.4 is 5.73 Å². The molecule has 12 heavy (non-hydrogen) atoms. The lowest BCUT2D eigenvalue weighted by Gasteiger charge is -1.83. The first-order valence-corrected chi connectivity index (χ1v) is 4.08. The van der Waals surface area contributed by atoms with E-state index >= 15 is 0 Å². The second-order valence-corrected chi connectivity index (χ2v) is 3.29. The Bertz CT molecular complexity index is 424. The quantitative estimate of drug-likeness (QED) is 0.671. The van der Waals surface area contributed by atoms with Crippen LogP contribution in [0.15, 0.2) is 10.7 Å². The van der Waals surface area contributed by atoms with Gasteiger partial charge >= 0.3 is 0 Å². The normalized spacial score (nSPS) is 17.3. The summed E-state index contributed by atoms with van der Waals surface area (Å²) in [6.45, 7) is 0. The predicted molar refractivity (Wildman–Crippen MR) is 44.7 cm³/mol. The monoisotopic (exact) mass is 163 g/mol. The van der Waals surface area contributed by atoms with Gasteiger partial charge in [-0.25, -0.2) is 0 Å². The van der Waals surface area contributed by atoms with E-state index in [2.05, 4.69) is 10.1 Å². The van der Waals surface area contributed by atoms with Crippen molar-refractivity contribution in [2.45, 2.75) is 18.8 Å². The molecule has 0 atom stereocenters. The van der Waals surface area contributed by atoms with Gasteiger partial charge in [-0.3, -0.25) is 0 Å². The molecule has 0 unspecified atom stereocenters. The lowest BCUT2D eigenvalue weighted by Crippen LogP contribution is -1.78. The minimum absolute atomic E-state index is 0.601. The van der Waals surface area contributed by atoms with Gasteiger partial charge in [-0.2, -0.15) is 0 Å². The van der Waals surface area contributed by atoms with Crippen LogP contribution in [0.4, 0.5) is 5.69 Å². The number of aromatic nitrogens is 2. The summed E-state index contributed by atoms with van der Waals surface area (Å²) in [5.41, 5.74) is 9.02. The Morgan fingerprint density at radius 1 is 1.58 bits per heavy atom. The van der Waals surface area contributed by atoms with Gasteiger partial charge in [0.05, 0.1) is 5.69 Å². The maximum absolute atomic E-state index is 5.65. The van der Waals surface area contributed by atoms with Crippen molar-refractivity contribution in [2.24, 2.45) is 0 Å². The summed E-state index contributed by atoms with van der Waals surface area (Å²) < 4.78 is 5.11. The molecular formula is C8H9N3O. The Kier molecular flexibility index (Phi) is 0.930. The number of anilines is 1. The molecule has 0 bridgehead atoms. The van der Waals surface area contributed by atoms with Gasteiger partial charge in [0.1, 0.15) is 11.2 Å². The molecule has 0 aliphatic heterocycles. The molecular weight excluding hydrogens is 154 g/mol. The van der Waals surface area contributed by atoms with Crippen LogP contribution in [-0.4, -0.2) is 10.1 Å². The van der Waals surface area contributed by atoms with E-state index in [1.807, 2.05) is 0 Å². The predicted octanol–water partition coefficient (Wildman–Crippen LogP) is 1.62. The first-order chi connectivity index (χ1) is 5.86. The highest BCUT2D eigenvalue weighted by atomic mass is 16.5. The van der Waals surface area contributed by atoms with Gasteiger partial charge in [-0.05, 0) is 12.8 Å². The minimum atomic E-state index is 0.601. The molecule has 0 spiro atoms. The molecule has 3 rings (SSSR count). The summed E-state index contributed by atoms with van der Waals surface area (Å²) in [5, 5.41) is 3.99. The van der Waals surface area contributed by atoms with E-state index in [1.54, 1.807) is 6.20 Å². The molecule has 2 aromatic heterocycles. The van der Waals surface area contributed by atoms with Crippen molar-refractivity contribution in [3.63, 3.8) is 0 Å². The lowest BCUT2D eigenvalue weighted by molar-refractivity contribution is 0.447. The number of nitrogens with zero attached hydrogens (tertiary/aromatic N) is 1. The van der Waals surface area contributed by atoms with Gasteiger partial charge in [0.25, 0.3) is 0 Å². The van der Waals surface area contributed by atoms with E-state index in [-0.39, 0.29) is 0 Å². The van der Waals surface area contributed by atoms with Crippen LogP contribution in [0.5, 0.6) is 0 Å². The van der Waals surface area contributed by atoms with Gasteiger partial charge in [0.15, 0.2) is 0 Å². The average molecular weight is 163 g/mol. The molecule has 62 valence electrons. The van der Waals surface area contributed by atoms with E-state index in [9.17, 15) is 0 Å². The van der Waals surface area contributed by atoms with Crippen molar-refractivity contribution in [3.8, 4) is 0 Å². The van der Waals surface area contributed by atoms with Crippen LogP contribution in [-0.2, 0) is 0 Å². The highest BCUT2D eigenvalue weighted by Crippen LogP contribution is 2.42. The van der Waals surface area contributed by atoms with Crippen LogP contribution in [0.25, 0.3) is 11.1 Å². The number of nitrogen functional groups attached to an aromatic ring is 1. The Morgan fingerprint density at radius 2 is 2.42 bits per heavy atom. The van der Waals surface area contributed by atoms with Gasteiger partial charge < -0.3 is 15.2 Å². The number of aromatic amines is 1. The maximum atomic E-state index is 5.65. The van der Waals surface area contributed by atoms with Gasteiger partial charge in [-0.15, -0.1) is 0 Å². The number of rotatable bonds is 1. The smallest absolute Gasteiger partial charge is 0.207 e. The van der Waals surface area contributed by atoms with Crippen LogP contribution >= 0.6 is 0 Å². The Labute approximate surface area is 68.7 Å². The fraction of sp³-hybridized carbons (Fsp3) is 0.375. The third-order valence-electron chi connectivity index (χ3n) is 2.32. The van der Waals surface area contributed by atoms with Crippen molar-refractivity contribution in [1.29, 1.82) is 0 Å². The SMILES string of the molecule is Nc1c[nH]c2c(C3CC3)noc12. The van der Waals surface area contributed by atoms with Crippen molar-refractivity contribution in [1.82, 2.24) is 10.1 Å². The molecule has 1 aliphatic rings. The zero-order valence-electron chi connectivity index (χ0n) is 6.50. The summed E-state index contributed by atoms with van der Waals surface area (Å²) in [6, 6.07) is 0. The number of fused-ring (bicyclic) bond motifs is 1. The third kappa shape index (κ3) is 0.642. The molecule has 3 N–H and O–H groups in total. The van der Waals surface area contributed by atoms with Crippen molar-refractivity contribution < 1.29 is 4.52 Å². The molecule has 0 saturated heterocycles. The second kappa shape index (κ2) is 1.83. The Balaban J connectivity index is 2.30. The zero-order valence-corrected chi connectivity index (χ0v) is 6.50. The van der Waals surface area contributed by atoms with Crippen LogP contribution in [0, 0.1) is 0 Å². The molecule has 0 radical (unpaired) electrons. The molecule has 4 heteroatoms. The van der Waals surface area contributed by atoms with Crippen molar-refractivity contribution in [3.05, 3.63) is 11.9 Å². The summed E-state index contributed by atoms with van der Waals surface area (Å²) >= 11 is 0. The van der Waals surface area contributed by atoms with Crippen molar-refractivity contribution in [2.75, 3.05) is 5.73 Å². The summed E-state index contributed by atoms with van der Waals surface area (Å²) in [6.07, 6.45) is 4.20. The topological polar surface area (TPSA) is 67.8 Å². The number of hydrogen-bond acceptors (Lipinski definition) is 3. The first-order valence-electron chi connectivity index (χ1n) is 4.08. The van der Waals surface area contributed by atoms with Gasteiger partial charge in [-0.1, -0.05) is 5.16 Å². The number of nitrogens with one attached hydrogen (secondary N) is 1. The molecule has 2 aromatic rings. The highest BCUT2D eigenvalue weighted by molar-refractivity contribution is 5.87. The van der Waals surface area contributed by atoms with E-state index in [0.29, 0.717) is 17.2 Å². The van der Waals surface area contributed by atoms with Crippen molar-refractivity contribution >= 4 is 16.8 Å². The number of H-pyrrole nitrogens is 1. The summed E-state index contributed by atoms with van der Waals surface area (Å²) in [5.74, 6) is 0.601. The van der Waals surface area contributed by atoms with Crippen LogP contribution in [0.2, 0.25) is 0 Å².